The lowest BCUT2D eigenvalue weighted by atomic mass is 9.83. The van der Waals surface area contributed by atoms with Crippen LogP contribution in [0.5, 0.6) is 5.75 Å². The molecule has 2 aliphatic rings. The highest BCUT2D eigenvalue weighted by Gasteiger charge is 2.32. The average molecular weight is 275 g/mol. The van der Waals surface area contributed by atoms with Crippen molar-refractivity contribution in [3.63, 3.8) is 0 Å². The molecule has 1 N–H and O–H groups in total. The van der Waals surface area contributed by atoms with E-state index in [1.54, 1.807) is 7.11 Å². The topological polar surface area (TPSA) is 30.5 Å². The Kier molecular flexibility index (Phi) is 4.27. The molecule has 0 radical (unpaired) electrons. The van der Waals surface area contributed by atoms with E-state index >= 15 is 0 Å². The molecule has 1 aromatic carbocycles. The molecule has 3 heteroatoms. The molecule has 0 heterocycles. The molecular formula is C17H25NO2. The zero-order valence-electron chi connectivity index (χ0n) is 12.5. The molecule has 0 aromatic heterocycles. The van der Waals surface area contributed by atoms with Gasteiger partial charge in [-0.15, -0.1) is 0 Å². The number of nitrogens with one attached hydrogen (secondary N) is 1. The van der Waals surface area contributed by atoms with E-state index < -0.39 is 0 Å². The molecule has 20 heavy (non-hydrogen) atoms. The second-order valence-electron chi connectivity index (χ2n) is 5.92. The van der Waals surface area contributed by atoms with Gasteiger partial charge in [-0.05, 0) is 62.3 Å². The van der Waals surface area contributed by atoms with Crippen molar-refractivity contribution in [3.8, 4) is 5.75 Å². The molecule has 1 unspecified atom stereocenters. The van der Waals surface area contributed by atoms with Crippen molar-refractivity contribution in [1.82, 2.24) is 5.32 Å². The van der Waals surface area contributed by atoms with Crippen LogP contribution < -0.4 is 10.1 Å². The van der Waals surface area contributed by atoms with E-state index in [1.165, 1.54) is 30.4 Å². The molecule has 1 saturated carbocycles. The second-order valence-corrected chi connectivity index (χ2v) is 5.92. The summed E-state index contributed by atoms with van der Waals surface area (Å²) in [4.78, 5) is 0. The minimum absolute atomic E-state index is 0.478. The largest absolute Gasteiger partial charge is 0.497 e. The third kappa shape index (κ3) is 2.84. The first-order chi connectivity index (χ1) is 9.80. The molecule has 1 fully saturated rings. The number of benzene rings is 1. The predicted molar refractivity (Wildman–Crippen MR) is 80.2 cm³/mol. The average Bonchev–Trinajstić information content (AvgIpc) is 2.45. The highest BCUT2D eigenvalue weighted by atomic mass is 16.5. The van der Waals surface area contributed by atoms with Gasteiger partial charge in [-0.1, -0.05) is 6.07 Å². The third-order valence-electron chi connectivity index (χ3n) is 4.60. The standard InChI is InChI=1S/C17H25NO2/c1-3-20-15-9-13(10-15)18-17-6-4-5-12-7-8-14(19-2)11-16(12)17/h7-8,11,13,15,17-18H,3-6,9-10H2,1-2H3. The summed E-state index contributed by atoms with van der Waals surface area (Å²) in [6.07, 6.45) is 6.50. The Hall–Kier alpha value is -1.06. The SMILES string of the molecule is CCOC1CC(NC2CCCc3ccc(OC)cc32)C1. The number of hydrogen-bond acceptors (Lipinski definition) is 3. The van der Waals surface area contributed by atoms with Gasteiger partial charge in [0.05, 0.1) is 13.2 Å². The van der Waals surface area contributed by atoms with E-state index in [0.29, 0.717) is 18.2 Å². The van der Waals surface area contributed by atoms with Crippen LogP contribution in [0.3, 0.4) is 0 Å². The van der Waals surface area contributed by atoms with E-state index in [-0.39, 0.29) is 0 Å². The van der Waals surface area contributed by atoms with Crippen LogP contribution in [0.25, 0.3) is 0 Å². The fourth-order valence-electron chi connectivity index (χ4n) is 3.44. The number of aryl methyl sites for hydroxylation is 1. The number of methoxy groups -OCH3 is 1. The molecule has 1 aromatic rings. The maximum atomic E-state index is 5.64. The van der Waals surface area contributed by atoms with Crippen LogP contribution in [0.1, 0.15) is 49.8 Å². The summed E-state index contributed by atoms with van der Waals surface area (Å²) >= 11 is 0. The van der Waals surface area contributed by atoms with Crippen LogP contribution in [0.2, 0.25) is 0 Å². The highest BCUT2D eigenvalue weighted by molar-refractivity contribution is 5.39. The zero-order chi connectivity index (χ0) is 13.9. The van der Waals surface area contributed by atoms with E-state index in [9.17, 15) is 0 Å². The summed E-state index contributed by atoms with van der Waals surface area (Å²) in [6, 6.07) is 7.63. The Morgan fingerprint density at radius 3 is 2.90 bits per heavy atom. The van der Waals surface area contributed by atoms with Gasteiger partial charge in [0.25, 0.3) is 0 Å². The van der Waals surface area contributed by atoms with E-state index in [1.807, 2.05) is 0 Å². The van der Waals surface area contributed by atoms with Crippen molar-refractivity contribution in [3.05, 3.63) is 29.3 Å². The molecule has 1 atom stereocenters. The maximum Gasteiger partial charge on any atom is 0.119 e. The minimum atomic E-state index is 0.478. The predicted octanol–water partition coefficient (Wildman–Crippen LogP) is 3.23. The van der Waals surface area contributed by atoms with Gasteiger partial charge in [-0.25, -0.2) is 0 Å². The number of hydrogen-bond donors (Lipinski definition) is 1. The van der Waals surface area contributed by atoms with E-state index in [0.717, 1.165) is 25.2 Å². The fourth-order valence-corrected chi connectivity index (χ4v) is 3.44. The molecule has 3 nitrogen and oxygen atoms in total. The number of ether oxygens (including phenoxy) is 2. The molecule has 2 aliphatic carbocycles. The quantitative estimate of drug-likeness (QED) is 0.895. The Labute approximate surface area is 121 Å². The van der Waals surface area contributed by atoms with Gasteiger partial charge < -0.3 is 14.8 Å². The monoisotopic (exact) mass is 275 g/mol. The van der Waals surface area contributed by atoms with Gasteiger partial charge in [0.2, 0.25) is 0 Å². The Morgan fingerprint density at radius 1 is 1.30 bits per heavy atom. The summed E-state index contributed by atoms with van der Waals surface area (Å²) in [5, 5.41) is 3.82. The van der Waals surface area contributed by atoms with Gasteiger partial charge in [-0.3, -0.25) is 0 Å². The molecule has 0 aliphatic heterocycles. The summed E-state index contributed by atoms with van der Waals surface area (Å²) in [6.45, 7) is 2.91. The van der Waals surface area contributed by atoms with Crippen LogP contribution >= 0.6 is 0 Å². The first-order valence-electron chi connectivity index (χ1n) is 7.84. The summed E-state index contributed by atoms with van der Waals surface area (Å²) in [5.41, 5.74) is 2.92. The lowest BCUT2D eigenvalue weighted by molar-refractivity contribution is -0.0129. The lowest BCUT2D eigenvalue weighted by Gasteiger charge is -2.39. The van der Waals surface area contributed by atoms with Crippen molar-refractivity contribution in [1.29, 1.82) is 0 Å². The molecule has 3 rings (SSSR count). The minimum Gasteiger partial charge on any atom is -0.497 e. The number of fused-ring (bicyclic) bond motifs is 1. The maximum absolute atomic E-state index is 5.64. The van der Waals surface area contributed by atoms with E-state index in [4.69, 9.17) is 9.47 Å². The molecular weight excluding hydrogens is 250 g/mol. The summed E-state index contributed by atoms with van der Waals surface area (Å²) < 4.78 is 11.0. The smallest absolute Gasteiger partial charge is 0.119 e. The first kappa shape index (κ1) is 13.9. The summed E-state index contributed by atoms with van der Waals surface area (Å²) in [7, 11) is 1.74. The van der Waals surface area contributed by atoms with Gasteiger partial charge in [0.15, 0.2) is 0 Å². The van der Waals surface area contributed by atoms with Crippen LogP contribution in [-0.2, 0) is 11.2 Å². The van der Waals surface area contributed by atoms with Gasteiger partial charge >= 0.3 is 0 Å². The third-order valence-corrected chi connectivity index (χ3v) is 4.60. The summed E-state index contributed by atoms with van der Waals surface area (Å²) in [5.74, 6) is 0.971. The fraction of sp³-hybridized carbons (Fsp3) is 0.647. The normalized spacial score (nSPS) is 28.6. The first-order valence-corrected chi connectivity index (χ1v) is 7.84. The zero-order valence-corrected chi connectivity index (χ0v) is 12.5. The molecule has 0 amide bonds. The van der Waals surface area contributed by atoms with Gasteiger partial charge in [0.1, 0.15) is 5.75 Å². The van der Waals surface area contributed by atoms with Crippen molar-refractivity contribution in [2.45, 2.75) is 57.2 Å². The Balaban J connectivity index is 1.64. The molecule has 0 saturated heterocycles. The van der Waals surface area contributed by atoms with Crippen molar-refractivity contribution >= 4 is 0 Å². The Bertz CT molecular complexity index is 454. The Morgan fingerprint density at radius 2 is 2.15 bits per heavy atom. The highest BCUT2D eigenvalue weighted by Crippen LogP contribution is 2.35. The van der Waals surface area contributed by atoms with Crippen LogP contribution in [-0.4, -0.2) is 25.9 Å². The van der Waals surface area contributed by atoms with Crippen LogP contribution in [0, 0.1) is 0 Å². The van der Waals surface area contributed by atoms with Crippen molar-refractivity contribution in [2.75, 3.05) is 13.7 Å². The van der Waals surface area contributed by atoms with Crippen LogP contribution in [0.15, 0.2) is 18.2 Å². The lowest BCUT2D eigenvalue weighted by Crippen LogP contribution is -2.47. The molecule has 110 valence electrons. The van der Waals surface area contributed by atoms with Crippen molar-refractivity contribution < 1.29 is 9.47 Å². The van der Waals surface area contributed by atoms with Crippen molar-refractivity contribution in [2.24, 2.45) is 0 Å². The molecule has 0 spiro atoms. The van der Waals surface area contributed by atoms with Gasteiger partial charge in [-0.2, -0.15) is 0 Å². The number of rotatable bonds is 5. The molecule has 0 bridgehead atoms. The van der Waals surface area contributed by atoms with Gasteiger partial charge in [0, 0.05) is 18.7 Å². The second kappa shape index (κ2) is 6.15. The van der Waals surface area contributed by atoms with Crippen LogP contribution in [0.4, 0.5) is 0 Å². The van der Waals surface area contributed by atoms with E-state index in [2.05, 4.69) is 30.4 Å².